The average Bonchev–Trinajstić information content (AvgIpc) is 2.46. The summed E-state index contributed by atoms with van der Waals surface area (Å²) in [5, 5.41) is 8.60. The Labute approximate surface area is 68.7 Å². The number of carbonyl (C=O) groups is 1. The monoisotopic (exact) mass is 168 g/mol. The summed E-state index contributed by atoms with van der Waals surface area (Å²) >= 11 is 0. The molecule has 4 heteroatoms. The van der Waals surface area contributed by atoms with E-state index in [4.69, 9.17) is 14.3 Å². The third kappa shape index (κ3) is 1.10. The van der Waals surface area contributed by atoms with Crippen molar-refractivity contribution in [3.8, 4) is 0 Å². The number of hydrogen-bond donors (Lipinski definition) is 1. The molecule has 0 spiro atoms. The van der Waals surface area contributed by atoms with E-state index < -0.39 is 5.97 Å². The largest absolute Gasteiger partial charge is 0.475 e. The van der Waals surface area contributed by atoms with Gasteiger partial charge in [0.15, 0.2) is 0 Å². The van der Waals surface area contributed by atoms with Crippen LogP contribution in [0.25, 0.3) is 0 Å². The van der Waals surface area contributed by atoms with Crippen LogP contribution in [0.1, 0.15) is 21.9 Å². The minimum atomic E-state index is -1.02. The second-order valence-electron chi connectivity index (χ2n) is 2.67. The zero-order valence-corrected chi connectivity index (χ0v) is 6.37. The first kappa shape index (κ1) is 7.36. The summed E-state index contributed by atoms with van der Waals surface area (Å²) in [4.78, 5) is 10.5. The van der Waals surface area contributed by atoms with Crippen molar-refractivity contribution in [2.45, 2.75) is 13.0 Å². The lowest BCUT2D eigenvalue weighted by atomic mass is 10.2. The first-order valence-electron chi connectivity index (χ1n) is 3.70. The van der Waals surface area contributed by atoms with E-state index in [0.29, 0.717) is 19.6 Å². The quantitative estimate of drug-likeness (QED) is 0.680. The Kier molecular flexibility index (Phi) is 1.62. The molecule has 0 unspecified atom stereocenters. The van der Waals surface area contributed by atoms with Crippen LogP contribution in [0, 0.1) is 0 Å². The second-order valence-corrected chi connectivity index (χ2v) is 2.67. The molecule has 0 radical (unpaired) electrons. The van der Waals surface area contributed by atoms with Crippen LogP contribution in [-0.2, 0) is 17.8 Å². The van der Waals surface area contributed by atoms with Crippen molar-refractivity contribution in [1.29, 1.82) is 0 Å². The number of furan rings is 1. The fourth-order valence-corrected chi connectivity index (χ4v) is 1.25. The Bertz CT molecular complexity index is 289. The SMILES string of the molecule is O=C(O)c1cc2c(o1)CCOC2. The van der Waals surface area contributed by atoms with Gasteiger partial charge in [0.05, 0.1) is 13.2 Å². The van der Waals surface area contributed by atoms with Crippen LogP contribution in [0.2, 0.25) is 0 Å². The summed E-state index contributed by atoms with van der Waals surface area (Å²) in [6, 6.07) is 1.52. The van der Waals surface area contributed by atoms with E-state index in [1.807, 2.05) is 0 Å². The van der Waals surface area contributed by atoms with Crippen molar-refractivity contribution >= 4 is 5.97 Å². The Morgan fingerprint density at radius 3 is 3.08 bits per heavy atom. The molecule has 0 saturated carbocycles. The number of ether oxygens (including phenoxy) is 1. The average molecular weight is 168 g/mol. The van der Waals surface area contributed by atoms with Crippen LogP contribution in [-0.4, -0.2) is 17.7 Å². The van der Waals surface area contributed by atoms with Crippen LogP contribution in [0.5, 0.6) is 0 Å². The van der Waals surface area contributed by atoms with Crippen molar-refractivity contribution in [2.24, 2.45) is 0 Å². The molecule has 0 bridgehead atoms. The highest BCUT2D eigenvalue weighted by atomic mass is 16.5. The molecule has 1 aromatic heterocycles. The highest BCUT2D eigenvalue weighted by molar-refractivity contribution is 5.84. The molecule has 0 aromatic carbocycles. The number of carboxylic acids is 1. The summed E-state index contributed by atoms with van der Waals surface area (Å²) in [7, 11) is 0. The zero-order chi connectivity index (χ0) is 8.55. The van der Waals surface area contributed by atoms with Crippen LogP contribution < -0.4 is 0 Å². The van der Waals surface area contributed by atoms with E-state index >= 15 is 0 Å². The van der Waals surface area contributed by atoms with Crippen LogP contribution in [0.3, 0.4) is 0 Å². The van der Waals surface area contributed by atoms with Gasteiger partial charge in [-0.2, -0.15) is 0 Å². The minimum Gasteiger partial charge on any atom is -0.475 e. The third-order valence-electron chi connectivity index (χ3n) is 1.84. The standard InChI is InChI=1S/C8H8O4/c9-8(10)7-3-5-4-11-2-1-6(5)12-7/h3H,1-2,4H2,(H,9,10). The molecular weight excluding hydrogens is 160 g/mol. The topological polar surface area (TPSA) is 59.7 Å². The van der Waals surface area contributed by atoms with Crippen molar-refractivity contribution in [3.63, 3.8) is 0 Å². The lowest BCUT2D eigenvalue weighted by Crippen LogP contribution is -2.06. The predicted molar refractivity (Wildman–Crippen MR) is 39.0 cm³/mol. The summed E-state index contributed by atoms with van der Waals surface area (Å²) in [5.41, 5.74) is 0.860. The molecule has 0 amide bonds. The first-order chi connectivity index (χ1) is 5.77. The normalized spacial score (nSPS) is 15.7. The Hall–Kier alpha value is -1.29. The lowest BCUT2D eigenvalue weighted by Gasteiger charge is -2.08. The van der Waals surface area contributed by atoms with Gasteiger partial charge in [0.2, 0.25) is 5.76 Å². The lowest BCUT2D eigenvalue weighted by molar-refractivity contribution is 0.0656. The van der Waals surface area contributed by atoms with Crippen LogP contribution in [0.4, 0.5) is 0 Å². The molecule has 4 nitrogen and oxygen atoms in total. The van der Waals surface area contributed by atoms with Gasteiger partial charge in [-0.1, -0.05) is 0 Å². The maximum Gasteiger partial charge on any atom is 0.371 e. The Morgan fingerprint density at radius 2 is 2.42 bits per heavy atom. The molecule has 2 heterocycles. The molecule has 0 atom stereocenters. The van der Waals surface area contributed by atoms with E-state index in [-0.39, 0.29) is 5.76 Å². The summed E-state index contributed by atoms with van der Waals surface area (Å²) < 4.78 is 10.2. The predicted octanol–water partition coefficient (Wildman–Crippen LogP) is 1.05. The number of fused-ring (bicyclic) bond motifs is 1. The molecule has 1 aromatic rings. The van der Waals surface area contributed by atoms with Gasteiger partial charge >= 0.3 is 5.97 Å². The van der Waals surface area contributed by atoms with Gasteiger partial charge in [0, 0.05) is 12.0 Å². The first-order valence-corrected chi connectivity index (χ1v) is 3.70. The molecule has 1 aliphatic rings. The molecule has 0 aliphatic carbocycles. The van der Waals surface area contributed by atoms with Crippen molar-refractivity contribution in [2.75, 3.05) is 6.61 Å². The highest BCUT2D eigenvalue weighted by Crippen LogP contribution is 2.20. The number of rotatable bonds is 1. The highest BCUT2D eigenvalue weighted by Gasteiger charge is 2.18. The Morgan fingerprint density at radius 1 is 1.58 bits per heavy atom. The van der Waals surface area contributed by atoms with Gasteiger partial charge in [-0.05, 0) is 6.07 Å². The van der Waals surface area contributed by atoms with E-state index in [1.54, 1.807) is 0 Å². The summed E-state index contributed by atoms with van der Waals surface area (Å²) in [6.07, 6.45) is 0.669. The van der Waals surface area contributed by atoms with Crippen LogP contribution in [0.15, 0.2) is 10.5 Å². The third-order valence-corrected chi connectivity index (χ3v) is 1.84. The zero-order valence-electron chi connectivity index (χ0n) is 6.37. The molecule has 2 rings (SSSR count). The number of aromatic carboxylic acids is 1. The minimum absolute atomic E-state index is 0.00509. The van der Waals surface area contributed by atoms with Gasteiger partial charge in [0.1, 0.15) is 5.76 Å². The van der Waals surface area contributed by atoms with E-state index in [1.165, 1.54) is 6.07 Å². The van der Waals surface area contributed by atoms with E-state index in [9.17, 15) is 4.79 Å². The molecule has 12 heavy (non-hydrogen) atoms. The second kappa shape index (κ2) is 2.64. The van der Waals surface area contributed by atoms with E-state index in [0.717, 1.165) is 11.3 Å². The maximum absolute atomic E-state index is 10.5. The van der Waals surface area contributed by atoms with Crippen molar-refractivity contribution in [1.82, 2.24) is 0 Å². The van der Waals surface area contributed by atoms with Gasteiger partial charge in [-0.25, -0.2) is 4.79 Å². The molecule has 1 N–H and O–H groups in total. The summed E-state index contributed by atoms with van der Waals surface area (Å²) in [6.45, 7) is 1.08. The molecule has 1 aliphatic heterocycles. The van der Waals surface area contributed by atoms with Gasteiger partial charge in [0.25, 0.3) is 0 Å². The van der Waals surface area contributed by atoms with Gasteiger partial charge in [-0.15, -0.1) is 0 Å². The maximum atomic E-state index is 10.5. The fourth-order valence-electron chi connectivity index (χ4n) is 1.25. The molecule has 64 valence electrons. The fraction of sp³-hybridized carbons (Fsp3) is 0.375. The van der Waals surface area contributed by atoms with Crippen LogP contribution >= 0.6 is 0 Å². The number of hydrogen-bond acceptors (Lipinski definition) is 3. The Balaban J connectivity index is 2.38. The number of carboxylic acid groups (broad SMARTS) is 1. The van der Waals surface area contributed by atoms with Crippen molar-refractivity contribution < 1.29 is 19.1 Å². The van der Waals surface area contributed by atoms with Crippen molar-refractivity contribution in [3.05, 3.63) is 23.2 Å². The smallest absolute Gasteiger partial charge is 0.371 e. The van der Waals surface area contributed by atoms with Gasteiger partial charge < -0.3 is 14.3 Å². The molecule has 0 saturated heterocycles. The molecular formula is C8H8O4. The molecule has 0 fully saturated rings. The summed E-state index contributed by atoms with van der Waals surface area (Å²) in [5.74, 6) is -0.270. The van der Waals surface area contributed by atoms with Gasteiger partial charge in [-0.3, -0.25) is 0 Å². The van der Waals surface area contributed by atoms with E-state index in [2.05, 4.69) is 0 Å².